The number of anilines is 1. The second-order valence-corrected chi connectivity index (χ2v) is 6.28. The van der Waals surface area contributed by atoms with Crippen LogP contribution in [0, 0.1) is 5.82 Å². The van der Waals surface area contributed by atoms with Gasteiger partial charge in [0.2, 0.25) is 0 Å². The lowest BCUT2D eigenvalue weighted by atomic mass is 10.1. The third-order valence-electron chi connectivity index (χ3n) is 3.86. The first kappa shape index (κ1) is 14.8. The van der Waals surface area contributed by atoms with Crippen molar-refractivity contribution in [3.8, 4) is 17.0 Å². The standard InChI is InChI=1S/C18H13FN2O2S/c19-13-8-4-7-12-9-14(23-16(12)13)17(22)21-18-15(20-10-24-18)11-5-2-1-3-6-11/h1-8,10,14H,9H2,(H,21,22)/t14-/m1/s1. The Bertz CT molecular complexity index is 895. The Balaban J connectivity index is 1.53. The molecule has 0 aliphatic carbocycles. The molecule has 4 rings (SSSR count). The Morgan fingerprint density at radius 2 is 2.04 bits per heavy atom. The lowest BCUT2D eigenvalue weighted by Crippen LogP contribution is -2.31. The van der Waals surface area contributed by atoms with Crippen LogP contribution in [0.25, 0.3) is 11.3 Å². The summed E-state index contributed by atoms with van der Waals surface area (Å²) in [4.78, 5) is 16.8. The van der Waals surface area contributed by atoms with Gasteiger partial charge in [0, 0.05) is 17.5 Å². The zero-order valence-electron chi connectivity index (χ0n) is 12.5. The normalized spacial score (nSPS) is 15.6. The Hall–Kier alpha value is -2.73. The highest BCUT2D eigenvalue weighted by Gasteiger charge is 2.31. The molecule has 0 radical (unpaired) electrons. The van der Waals surface area contributed by atoms with Gasteiger partial charge in [-0.1, -0.05) is 42.5 Å². The number of fused-ring (bicyclic) bond motifs is 1. The van der Waals surface area contributed by atoms with Crippen LogP contribution < -0.4 is 10.1 Å². The number of nitrogens with one attached hydrogen (secondary N) is 1. The molecule has 2 heterocycles. The molecule has 0 saturated heterocycles. The van der Waals surface area contributed by atoms with E-state index in [-0.39, 0.29) is 11.7 Å². The maximum absolute atomic E-state index is 13.7. The van der Waals surface area contributed by atoms with Gasteiger partial charge in [-0.2, -0.15) is 0 Å². The molecule has 4 nitrogen and oxygen atoms in total. The fourth-order valence-electron chi connectivity index (χ4n) is 2.71. The molecule has 1 aliphatic heterocycles. The summed E-state index contributed by atoms with van der Waals surface area (Å²) in [7, 11) is 0. The third-order valence-corrected chi connectivity index (χ3v) is 4.60. The molecule has 0 bridgehead atoms. The van der Waals surface area contributed by atoms with Gasteiger partial charge in [-0.15, -0.1) is 11.3 Å². The zero-order chi connectivity index (χ0) is 16.5. The number of ether oxygens (including phenoxy) is 1. The summed E-state index contributed by atoms with van der Waals surface area (Å²) in [5, 5.41) is 3.51. The van der Waals surface area contributed by atoms with Crippen molar-refractivity contribution in [1.29, 1.82) is 0 Å². The molecule has 2 aromatic carbocycles. The number of aromatic nitrogens is 1. The summed E-state index contributed by atoms with van der Waals surface area (Å²) in [6.07, 6.45) is -0.374. The first-order valence-corrected chi connectivity index (χ1v) is 8.34. The second kappa shape index (κ2) is 6.05. The van der Waals surface area contributed by atoms with Crippen LogP contribution in [0.15, 0.2) is 54.0 Å². The SMILES string of the molecule is O=C(Nc1scnc1-c1ccccc1)[C@H]1Cc2cccc(F)c2O1. The van der Waals surface area contributed by atoms with Crippen LogP contribution in [-0.2, 0) is 11.2 Å². The van der Waals surface area contributed by atoms with Gasteiger partial charge in [-0.05, 0) is 6.07 Å². The van der Waals surface area contributed by atoms with Crippen molar-refractivity contribution in [2.45, 2.75) is 12.5 Å². The lowest BCUT2D eigenvalue weighted by Gasteiger charge is -2.11. The minimum absolute atomic E-state index is 0.172. The van der Waals surface area contributed by atoms with Crippen molar-refractivity contribution in [3.63, 3.8) is 0 Å². The van der Waals surface area contributed by atoms with Crippen LogP contribution in [-0.4, -0.2) is 17.0 Å². The molecule has 3 aromatic rings. The van der Waals surface area contributed by atoms with E-state index in [1.54, 1.807) is 17.6 Å². The van der Waals surface area contributed by atoms with E-state index in [0.29, 0.717) is 17.0 Å². The smallest absolute Gasteiger partial charge is 0.266 e. The van der Waals surface area contributed by atoms with Gasteiger partial charge in [0.1, 0.15) is 10.7 Å². The molecular formula is C18H13FN2O2S. The van der Waals surface area contributed by atoms with E-state index in [9.17, 15) is 9.18 Å². The predicted molar refractivity (Wildman–Crippen MR) is 90.7 cm³/mol. The number of halogens is 1. The summed E-state index contributed by atoms with van der Waals surface area (Å²) in [5.74, 6) is -0.567. The molecule has 1 aromatic heterocycles. The second-order valence-electron chi connectivity index (χ2n) is 5.42. The van der Waals surface area contributed by atoms with Gasteiger partial charge in [-0.25, -0.2) is 9.37 Å². The number of hydrogen-bond donors (Lipinski definition) is 1. The molecule has 1 N–H and O–H groups in total. The van der Waals surface area contributed by atoms with Crippen molar-refractivity contribution in [1.82, 2.24) is 4.98 Å². The molecule has 120 valence electrons. The number of carbonyl (C=O) groups excluding carboxylic acids is 1. The van der Waals surface area contributed by atoms with Crippen LogP contribution in [0.5, 0.6) is 5.75 Å². The number of rotatable bonds is 3. The van der Waals surface area contributed by atoms with Crippen molar-refractivity contribution in [2.24, 2.45) is 0 Å². The van der Waals surface area contributed by atoms with E-state index in [0.717, 1.165) is 11.3 Å². The molecule has 0 unspecified atom stereocenters. The van der Waals surface area contributed by atoms with Gasteiger partial charge in [0.25, 0.3) is 5.91 Å². The first-order valence-electron chi connectivity index (χ1n) is 7.46. The van der Waals surface area contributed by atoms with E-state index >= 15 is 0 Å². The molecule has 0 saturated carbocycles. The highest BCUT2D eigenvalue weighted by Crippen LogP contribution is 2.34. The van der Waals surface area contributed by atoms with E-state index in [4.69, 9.17) is 4.74 Å². The van der Waals surface area contributed by atoms with Crippen LogP contribution in [0.1, 0.15) is 5.56 Å². The summed E-state index contributed by atoms with van der Waals surface area (Å²) in [6, 6.07) is 14.3. The van der Waals surface area contributed by atoms with Crippen molar-refractivity contribution in [2.75, 3.05) is 5.32 Å². The zero-order valence-corrected chi connectivity index (χ0v) is 13.3. The van der Waals surface area contributed by atoms with E-state index < -0.39 is 11.9 Å². The maximum atomic E-state index is 13.7. The van der Waals surface area contributed by atoms with E-state index in [1.807, 2.05) is 30.3 Å². The van der Waals surface area contributed by atoms with Gasteiger partial charge < -0.3 is 10.1 Å². The number of hydrogen-bond acceptors (Lipinski definition) is 4. The summed E-state index contributed by atoms with van der Waals surface area (Å²) < 4.78 is 19.2. The molecule has 6 heteroatoms. The third kappa shape index (κ3) is 2.65. The Morgan fingerprint density at radius 1 is 1.21 bits per heavy atom. The largest absolute Gasteiger partial charge is 0.477 e. The number of benzene rings is 2. The number of amides is 1. The van der Waals surface area contributed by atoms with Crippen LogP contribution in [0.4, 0.5) is 9.39 Å². The molecule has 1 atom stereocenters. The Morgan fingerprint density at radius 3 is 2.83 bits per heavy atom. The van der Waals surface area contributed by atoms with Gasteiger partial charge >= 0.3 is 0 Å². The molecule has 0 spiro atoms. The topological polar surface area (TPSA) is 51.2 Å². The average Bonchev–Trinajstić information content (AvgIpc) is 3.23. The minimum atomic E-state index is -0.734. The predicted octanol–water partition coefficient (Wildman–Crippen LogP) is 3.89. The summed E-state index contributed by atoms with van der Waals surface area (Å²) >= 11 is 1.35. The molecule has 24 heavy (non-hydrogen) atoms. The van der Waals surface area contributed by atoms with Crippen LogP contribution >= 0.6 is 11.3 Å². The van der Waals surface area contributed by atoms with Crippen LogP contribution in [0.2, 0.25) is 0 Å². The fourth-order valence-corrected chi connectivity index (χ4v) is 3.41. The van der Waals surface area contributed by atoms with Gasteiger partial charge in [0.15, 0.2) is 17.7 Å². The number of nitrogens with zero attached hydrogens (tertiary/aromatic N) is 1. The van der Waals surface area contributed by atoms with Crippen molar-refractivity contribution < 1.29 is 13.9 Å². The molecule has 0 fully saturated rings. The molecular weight excluding hydrogens is 327 g/mol. The van der Waals surface area contributed by atoms with Gasteiger partial charge in [0.05, 0.1) is 5.51 Å². The van der Waals surface area contributed by atoms with E-state index in [2.05, 4.69) is 10.3 Å². The minimum Gasteiger partial charge on any atom is -0.477 e. The highest BCUT2D eigenvalue weighted by atomic mass is 32.1. The average molecular weight is 340 g/mol. The first-order chi connectivity index (χ1) is 11.7. The summed E-state index contributed by atoms with van der Waals surface area (Å²) in [5.41, 5.74) is 4.04. The lowest BCUT2D eigenvalue weighted by molar-refractivity contribution is -0.122. The van der Waals surface area contributed by atoms with Crippen LogP contribution in [0.3, 0.4) is 0 Å². The van der Waals surface area contributed by atoms with Crippen molar-refractivity contribution >= 4 is 22.2 Å². The van der Waals surface area contributed by atoms with E-state index in [1.165, 1.54) is 17.4 Å². The monoisotopic (exact) mass is 340 g/mol. The van der Waals surface area contributed by atoms with Crippen molar-refractivity contribution in [3.05, 3.63) is 65.4 Å². The number of para-hydroxylation sites is 1. The Kier molecular flexibility index (Phi) is 3.74. The molecule has 1 aliphatic rings. The fraction of sp³-hybridized carbons (Fsp3) is 0.111. The Labute approximate surface area is 141 Å². The quantitative estimate of drug-likeness (QED) is 0.787. The molecule has 1 amide bonds. The highest BCUT2D eigenvalue weighted by molar-refractivity contribution is 7.14. The number of carbonyl (C=O) groups is 1. The maximum Gasteiger partial charge on any atom is 0.266 e. The van der Waals surface area contributed by atoms with Gasteiger partial charge in [-0.3, -0.25) is 4.79 Å². The number of thiazole rings is 1. The summed E-state index contributed by atoms with van der Waals surface area (Å²) in [6.45, 7) is 0.